The molecule has 8 heteroatoms. The van der Waals surface area contributed by atoms with Crippen LogP contribution in [-0.4, -0.2) is 35.4 Å². The Kier molecular flexibility index (Phi) is 4.29. The van der Waals surface area contributed by atoms with Crippen molar-refractivity contribution in [3.05, 3.63) is 101 Å². The highest BCUT2D eigenvalue weighted by Crippen LogP contribution is 2.25. The molecule has 0 N–H and O–H groups in total. The topological polar surface area (TPSA) is 90.8 Å². The summed E-state index contributed by atoms with van der Waals surface area (Å²) in [6.45, 7) is 2.00. The summed E-state index contributed by atoms with van der Waals surface area (Å²) < 4.78 is 3.09. The first-order valence-electron chi connectivity index (χ1n) is 10.4. The Morgan fingerprint density at radius 2 is 1.70 bits per heavy atom. The van der Waals surface area contributed by atoms with E-state index in [1.54, 1.807) is 23.3 Å². The van der Waals surface area contributed by atoms with Crippen LogP contribution in [0.4, 0.5) is 0 Å². The highest BCUT2D eigenvalue weighted by Gasteiger charge is 2.20. The summed E-state index contributed by atoms with van der Waals surface area (Å²) in [6, 6.07) is 19.0. The van der Waals surface area contributed by atoms with E-state index >= 15 is 0 Å². The molecular formula is C25H17N7O. The van der Waals surface area contributed by atoms with Crippen molar-refractivity contribution in [1.82, 2.24) is 29.2 Å². The number of hydrogen-bond donors (Lipinski definition) is 0. The minimum atomic E-state index is -0.228. The van der Waals surface area contributed by atoms with E-state index in [1.807, 2.05) is 67.6 Å². The standard InChI is InChI=1S/C25H17N7O/c1-16-8-10-18(11-9-16)31-15-27-23-21(25(31)33)22-24(30-20-7-3-2-6-19(20)29-22)32(23)28-14-17-5-4-12-26-13-17/h2-15H,1H3/b28-14-. The molecule has 0 radical (unpaired) electrons. The lowest BCUT2D eigenvalue weighted by Gasteiger charge is -2.05. The van der Waals surface area contributed by atoms with E-state index < -0.39 is 0 Å². The zero-order valence-corrected chi connectivity index (χ0v) is 17.6. The van der Waals surface area contributed by atoms with E-state index in [9.17, 15) is 4.79 Å². The Bertz CT molecular complexity index is 1730. The highest BCUT2D eigenvalue weighted by molar-refractivity contribution is 6.05. The zero-order chi connectivity index (χ0) is 22.4. The molecule has 2 aromatic carbocycles. The Morgan fingerprint density at radius 1 is 0.909 bits per heavy atom. The summed E-state index contributed by atoms with van der Waals surface area (Å²) in [5.74, 6) is 0. The number of aryl methyl sites for hydroxylation is 1. The lowest BCUT2D eigenvalue weighted by atomic mass is 10.2. The molecule has 0 aliphatic rings. The second-order valence-corrected chi connectivity index (χ2v) is 7.68. The van der Waals surface area contributed by atoms with Gasteiger partial charge in [0, 0.05) is 18.0 Å². The molecule has 33 heavy (non-hydrogen) atoms. The maximum Gasteiger partial charge on any atom is 0.269 e. The molecule has 0 spiro atoms. The van der Waals surface area contributed by atoms with Crippen molar-refractivity contribution in [3.63, 3.8) is 0 Å². The van der Waals surface area contributed by atoms with E-state index in [2.05, 4.69) is 15.1 Å². The molecule has 0 fully saturated rings. The number of rotatable bonds is 3. The monoisotopic (exact) mass is 431 g/mol. The largest absolute Gasteiger partial charge is 0.269 e. The fourth-order valence-corrected chi connectivity index (χ4v) is 3.80. The predicted octanol–water partition coefficient (Wildman–Crippen LogP) is 3.87. The van der Waals surface area contributed by atoms with Crippen LogP contribution in [0.5, 0.6) is 0 Å². The molecule has 8 nitrogen and oxygen atoms in total. The quantitative estimate of drug-likeness (QED) is 0.397. The van der Waals surface area contributed by atoms with Crippen molar-refractivity contribution in [2.75, 3.05) is 0 Å². The van der Waals surface area contributed by atoms with E-state index in [1.165, 1.54) is 10.9 Å². The molecule has 0 saturated heterocycles. The van der Waals surface area contributed by atoms with Crippen LogP contribution in [0.3, 0.4) is 0 Å². The Hall–Kier alpha value is -4.72. The molecule has 0 saturated carbocycles. The molecule has 0 amide bonds. The van der Waals surface area contributed by atoms with Gasteiger partial charge in [0.1, 0.15) is 17.2 Å². The number of pyridine rings is 1. The van der Waals surface area contributed by atoms with E-state index in [-0.39, 0.29) is 5.56 Å². The molecule has 6 rings (SSSR count). The second kappa shape index (κ2) is 7.45. The number of para-hydroxylation sites is 2. The summed E-state index contributed by atoms with van der Waals surface area (Å²) >= 11 is 0. The molecule has 6 aromatic rings. The number of hydrogen-bond acceptors (Lipinski definition) is 6. The summed E-state index contributed by atoms with van der Waals surface area (Å²) in [5.41, 5.74) is 5.17. The molecule has 158 valence electrons. The van der Waals surface area contributed by atoms with Crippen LogP contribution in [0.15, 0.2) is 89.3 Å². The third kappa shape index (κ3) is 3.16. The van der Waals surface area contributed by atoms with Gasteiger partial charge < -0.3 is 0 Å². The van der Waals surface area contributed by atoms with E-state index in [4.69, 9.17) is 9.97 Å². The molecule has 0 aliphatic heterocycles. The van der Waals surface area contributed by atoms with Gasteiger partial charge in [-0.15, -0.1) is 0 Å². The van der Waals surface area contributed by atoms with Gasteiger partial charge in [0.25, 0.3) is 5.56 Å². The molecular weight excluding hydrogens is 414 g/mol. The molecule has 0 unspecified atom stereocenters. The summed E-state index contributed by atoms with van der Waals surface area (Å²) in [5, 5.41) is 4.96. The number of benzene rings is 2. The second-order valence-electron chi connectivity index (χ2n) is 7.68. The van der Waals surface area contributed by atoms with Gasteiger partial charge >= 0.3 is 0 Å². The van der Waals surface area contributed by atoms with Crippen LogP contribution in [0.2, 0.25) is 0 Å². The normalized spacial score (nSPS) is 11.8. The van der Waals surface area contributed by atoms with Crippen LogP contribution in [0.1, 0.15) is 11.1 Å². The maximum absolute atomic E-state index is 13.6. The third-order valence-electron chi connectivity index (χ3n) is 5.46. The summed E-state index contributed by atoms with van der Waals surface area (Å²) in [6.07, 6.45) is 6.58. The molecule has 4 aromatic heterocycles. The number of nitrogens with zero attached hydrogens (tertiary/aromatic N) is 7. The molecule has 0 bridgehead atoms. The lowest BCUT2D eigenvalue weighted by molar-refractivity contribution is 0.906. The van der Waals surface area contributed by atoms with Crippen molar-refractivity contribution >= 4 is 39.4 Å². The summed E-state index contributed by atoms with van der Waals surface area (Å²) in [4.78, 5) is 31.9. The van der Waals surface area contributed by atoms with Gasteiger partial charge in [0.2, 0.25) is 0 Å². The lowest BCUT2D eigenvalue weighted by Crippen LogP contribution is -2.18. The molecule has 4 heterocycles. The average Bonchev–Trinajstić information content (AvgIpc) is 3.16. The van der Waals surface area contributed by atoms with Crippen molar-refractivity contribution in [1.29, 1.82) is 0 Å². The fourth-order valence-electron chi connectivity index (χ4n) is 3.80. The number of fused-ring (bicyclic) bond motifs is 4. The van der Waals surface area contributed by atoms with Crippen LogP contribution >= 0.6 is 0 Å². The summed E-state index contributed by atoms with van der Waals surface area (Å²) in [7, 11) is 0. The SMILES string of the molecule is Cc1ccc(-n2cnc3c(c2=O)c2nc4ccccc4nc2n3/N=C\c2cccnc2)cc1. The predicted molar refractivity (Wildman–Crippen MR) is 128 cm³/mol. The highest BCUT2D eigenvalue weighted by atomic mass is 16.1. The van der Waals surface area contributed by atoms with Gasteiger partial charge in [-0.25, -0.2) is 15.0 Å². The first-order valence-corrected chi connectivity index (χ1v) is 10.4. The van der Waals surface area contributed by atoms with Crippen molar-refractivity contribution in [2.45, 2.75) is 6.92 Å². The van der Waals surface area contributed by atoms with Gasteiger partial charge in [-0.3, -0.25) is 14.3 Å². The van der Waals surface area contributed by atoms with Gasteiger partial charge in [0.15, 0.2) is 11.3 Å². The molecule has 0 atom stereocenters. The van der Waals surface area contributed by atoms with Gasteiger partial charge in [0.05, 0.1) is 22.9 Å². The Balaban J connectivity index is 1.68. The van der Waals surface area contributed by atoms with Crippen LogP contribution in [-0.2, 0) is 0 Å². The maximum atomic E-state index is 13.6. The van der Waals surface area contributed by atoms with Crippen molar-refractivity contribution < 1.29 is 0 Å². The molecule has 0 aliphatic carbocycles. The minimum Gasteiger partial charge on any atom is -0.268 e. The van der Waals surface area contributed by atoms with Crippen LogP contribution in [0, 0.1) is 6.92 Å². The van der Waals surface area contributed by atoms with Gasteiger partial charge in [-0.1, -0.05) is 35.9 Å². The van der Waals surface area contributed by atoms with E-state index in [0.29, 0.717) is 33.2 Å². The van der Waals surface area contributed by atoms with Crippen molar-refractivity contribution in [2.24, 2.45) is 5.10 Å². The van der Waals surface area contributed by atoms with Gasteiger partial charge in [-0.05, 0) is 37.3 Å². The first-order chi connectivity index (χ1) is 16.2. The minimum absolute atomic E-state index is 0.228. The smallest absolute Gasteiger partial charge is 0.268 e. The zero-order valence-electron chi connectivity index (χ0n) is 17.6. The number of aromatic nitrogens is 6. The Morgan fingerprint density at radius 3 is 2.45 bits per heavy atom. The fraction of sp³-hybridized carbons (Fsp3) is 0.0400. The van der Waals surface area contributed by atoms with Crippen LogP contribution in [0.25, 0.3) is 38.9 Å². The van der Waals surface area contributed by atoms with E-state index in [0.717, 1.165) is 16.8 Å². The van der Waals surface area contributed by atoms with Gasteiger partial charge in [-0.2, -0.15) is 9.78 Å². The average molecular weight is 431 g/mol. The van der Waals surface area contributed by atoms with Crippen LogP contribution < -0.4 is 5.56 Å². The Labute approximate surface area is 187 Å². The third-order valence-corrected chi connectivity index (χ3v) is 5.46. The van der Waals surface area contributed by atoms with Crippen molar-refractivity contribution in [3.8, 4) is 5.69 Å². The first kappa shape index (κ1) is 19.0.